The van der Waals surface area contributed by atoms with E-state index < -0.39 is 0 Å². The monoisotopic (exact) mass is 561 g/mol. The first-order chi connectivity index (χ1) is 19.3. The Morgan fingerprint density at radius 1 is 0.927 bits per heavy atom. The molecule has 0 N–H and O–H groups in total. The molecule has 2 saturated carbocycles. The van der Waals surface area contributed by atoms with Gasteiger partial charge in [-0.25, -0.2) is 0 Å². The first-order valence-corrected chi connectivity index (χ1v) is 15.9. The molecule has 1 amide bonds. The van der Waals surface area contributed by atoms with Crippen molar-refractivity contribution in [3.05, 3.63) is 47.0 Å². The summed E-state index contributed by atoms with van der Waals surface area (Å²) >= 11 is 0. The summed E-state index contributed by atoms with van der Waals surface area (Å²) in [5.41, 5.74) is 4.07. The molecule has 4 aliphatic rings. The van der Waals surface area contributed by atoms with E-state index in [1.165, 1.54) is 0 Å². The normalized spacial score (nSPS) is 34.8. The van der Waals surface area contributed by atoms with E-state index in [4.69, 9.17) is 4.74 Å². The highest BCUT2D eigenvalue weighted by atomic mass is 16.5. The largest absolute Gasteiger partial charge is 0.461 e. The lowest BCUT2D eigenvalue weighted by Gasteiger charge is -2.60. The molecule has 5 rings (SSSR count). The minimum absolute atomic E-state index is 0.0222. The molecular weight excluding hydrogens is 510 g/mol. The summed E-state index contributed by atoms with van der Waals surface area (Å²) in [6, 6.07) is 9.86. The van der Waals surface area contributed by atoms with E-state index in [2.05, 4.69) is 34.6 Å². The van der Waals surface area contributed by atoms with E-state index in [9.17, 15) is 14.4 Å². The number of carbonyl (C=O) groups is 3. The van der Waals surface area contributed by atoms with Crippen LogP contribution in [-0.2, 0) is 25.7 Å². The third kappa shape index (κ3) is 4.79. The zero-order chi connectivity index (χ0) is 29.8. The lowest BCUT2D eigenvalue weighted by Crippen LogP contribution is -2.54. The molecule has 0 saturated heterocycles. The molecule has 0 heterocycles. The Morgan fingerprint density at radius 3 is 2.32 bits per heavy atom. The Kier molecular flexibility index (Phi) is 7.83. The predicted molar refractivity (Wildman–Crippen MR) is 162 cm³/mol. The van der Waals surface area contributed by atoms with E-state index in [0.717, 1.165) is 50.5 Å². The highest BCUT2D eigenvalue weighted by Crippen LogP contribution is 2.72. The average Bonchev–Trinajstić information content (AvgIpc) is 3.21. The fraction of sp³-hybridized carbons (Fsp3) is 0.694. The predicted octanol–water partition coefficient (Wildman–Crippen LogP) is 7.53. The van der Waals surface area contributed by atoms with Crippen LogP contribution >= 0.6 is 0 Å². The van der Waals surface area contributed by atoms with Crippen LogP contribution in [0, 0.1) is 39.4 Å². The number of hydrogen-bond donors (Lipinski definition) is 0. The van der Waals surface area contributed by atoms with Crippen LogP contribution in [0.3, 0.4) is 0 Å². The van der Waals surface area contributed by atoms with E-state index in [1.807, 2.05) is 30.3 Å². The van der Waals surface area contributed by atoms with Gasteiger partial charge in [-0.1, -0.05) is 76.1 Å². The summed E-state index contributed by atoms with van der Waals surface area (Å²) in [6.07, 6.45) is 8.83. The molecule has 4 aliphatic carbocycles. The molecule has 1 unspecified atom stereocenters. The summed E-state index contributed by atoms with van der Waals surface area (Å²) < 4.78 is 5.97. The van der Waals surface area contributed by atoms with Gasteiger partial charge in [0, 0.05) is 32.4 Å². The average molecular weight is 562 g/mol. The van der Waals surface area contributed by atoms with Gasteiger partial charge in [-0.05, 0) is 85.0 Å². The number of benzene rings is 1. The molecule has 5 nitrogen and oxygen atoms in total. The molecule has 1 aromatic rings. The minimum Gasteiger partial charge on any atom is -0.461 e. The third-order valence-corrected chi connectivity index (χ3v) is 12.7. The maximum atomic E-state index is 13.8. The standard InChI is InChI=1S/C36H51NO4/c1-33(2)29-15-14-28-27(34(29,3)20-19-30(33)38)18-22-35(4)26(17-21-36(28,35)5)25(13-16-31(39)37(6)7)32(40)41-23-24-11-9-8-10-12-24/h8-12,25-26,29H,13-23H2,1-7H3/t25-,26-,29?,34+,35-,36+/m0/s1. The maximum Gasteiger partial charge on any atom is 0.309 e. The Morgan fingerprint density at radius 2 is 1.63 bits per heavy atom. The van der Waals surface area contributed by atoms with Gasteiger partial charge >= 0.3 is 5.97 Å². The second-order valence-corrected chi connectivity index (χ2v) is 15.0. The Bertz CT molecular complexity index is 1230. The molecular formula is C36H51NO4. The lowest BCUT2D eigenvalue weighted by molar-refractivity contribution is -0.155. The molecule has 224 valence electrons. The number of rotatable bonds is 7. The summed E-state index contributed by atoms with van der Waals surface area (Å²) in [5, 5.41) is 0. The number of esters is 1. The molecule has 41 heavy (non-hydrogen) atoms. The molecule has 5 heteroatoms. The zero-order valence-corrected chi connectivity index (χ0v) is 26.5. The number of ketones is 1. The number of allylic oxidation sites excluding steroid dienone is 2. The van der Waals surface area contributed by atoms with Crippen molar-refractivity contribution in [3.63, 3.8) is 0 Å². The van der Waals surface area contributed by atoms with Gasteiger partial charge in [0.25, 0.3) is 0 Å². The summed E-state index contributed by atoms with van der Waals surface area (Å²) in [6.45, 7) is 12.0. The number of Topliss-reactive ketones (excluding diaryl/α,β-unsaturated/α-hetero) is 1. The van der Waals surface area contributed by atoms with Crippen LogP contribution < -0.4 is 0 Å². The van der Waals surface area contributed by atoms with Crippen molar-refractivity contribution < 1.29 is 19.1 Å². The first-order valence-electron chi connectivity index (χ1n) is 15.9. The number of ether oxygens (including phenoxy) is 1. The van der Waals surface area contributed by atoms with Crippen LogP contribution in [0.5, 0.6) is 0 Å². The molecule has 0 aromatic heterocycles. The fourth-order valence-corrected chi connectivity index (χ4v) is 10.00. The smallest absolute Gasteiger partial charge is 0.309 e. The molecule has 0 radical (unpaired) electrons. The molecule has 6 atom stereocenters. The number of amides is 1. The summed E-state index contributed by atoms with van der Waals surface area (Å²) in [4.78, 5) is 41.1. The second kappa shape index (κ2) is 10.7. The van der Waals surface area contributed by atoms with E-state index in [0.29, 0.717) is 31.0 Å². The van der Waals surface area contributed by atoms with Crippen LogP contribution in [-0.4, -0.2) is 36.7 Å². The van der Waals surface area contributed by atoms with Crippen molar-refractivity contribution in [1.82, 2.24) is 4.90 Å². The van der Waals surface area contributed by atoms with Crippen molar-refractivity contribution in [1.29, 1.82) is 0 Å². The number of fused-ring (bicyclic) bond motifs is 4. The van der Waals surface area contributed by atoms with Crippen molar-refractivity contribution in [2.24, 2.45) is 39.4 Å². The van der Waals surface area contributed by atoms with Gasteiger partial charge in [0.05, 0.1) is 5.92 Å². The van der Waals surface area contributed by atoms with Crippen molar-refractivity contribution in [3.8, 4) is 0 Å². The highest BCUT2D eigenvalue weighted by Gasteiger charge is 2.64. The van der Waals surface area contributed by atoms with Crippen LogP contribution in [0.15, 0.2) is 41.5 Å². The van der Waals surface area contributed by atoms with Gasteiger partial charge in [-0.15, -0.1) is 0 Å². The van der Waals surface area contributed by atoms with Crippen molar-refractivity contribution in [2.75, 3.05) is 14.1 Å². The number of nitrogens with zero attached hydrogens (tertiary/aromatic N) is 1. The Balaban J connectivity index is 1.45. The quantitative estimate of drug-likeness (QED) is 0.255. The minimum atomic E-state index is -0.297. The summed E-state index contributed by atoms with van der Waals surface area (Å²) in [5.74, 6) is 0.619. The third-order valence-electron chi connectivity index (χ3n) is 12.7. The first kappa shape index (κ1) is 30.0. The SMILES string of the molecule is CN(C)C(=O)CC[C@H](C(=O)OCc1ccccc1)[C@@H]1CC[C@]2(C)C3=C(CC[C@@]12C)[C@@]1(C)CCC(=O)C(C)(C)C1CC3. The lowest BCUT2D eigenvalue weighted by atomic mass is 9.43. The van der Waals surface area contributed by atoms with Gasteiger partial charge < -0.3 is 9.64 Å². The van der Waals surface area contributed by atoms with Crippen LogP contribution in [0.1, 0.15) is 104 Å². The second-order valence-electron chi connectivity index (χ2n) is 15.0. The maximum absolute atomic E-state index is 13.8. The Hall–Kier alpha value is -2.43. The van der Waals surface area contributed by atoms with E-state index in [1.54, 1.807) is 30.1 Å². The van der Waals surface area contributed by atoms with Crippen molar-refractivity contribution in [2.45, 2.75) is 105 Å². The van der Waals surface area contributed by atoms with Crippen LogP contribution in [0.2, 0.25) is 0 Å². The van der Waals surface area contributed by atoms with Gasteiger partial charge in [0.1, 0.15) is 12.4 Å². The van der Waals surface area contributed by atoms with Gasteiger partial charge in [0.15, 0.2) is 0 Å². The van der Waals surface area contributed by atoms with Crippen LogP contribution in [0.25, 0.3) is 0 Å². The molecule has 1 aromatic carbocycles. The van der Waals surface area contributed by atoms with Crippen molar-refractivity contribution >= 4 is 17.7 Å². The number of carbonyl (C=O) groups excluding carboxylic acids is 3. The van der Waals surface area contributed by atoms with Gasteiger partial charge in [-0.3, -0.25) is 14.4 Å². The van der Waals surface area contributed by atoms with E-state index >= 15 is 0 Å². The fourth-order valence-electron chi connectivity index (χ4n) is 10.00. The highest BCUT2D eigenvalue weighted by molar-refractivity contribution is 5.86. The molecule has 2 fully saturated rings. The van der Waals surface area contributed by atoms with Crippen LogP contribution in [0.4, 0.5) is 0 Å². The zero-order valence-electron chi connectivity index (χ0n) is 26.5. The number of hydrogen-bond acceptors (Lipinski definition) is 4. The topological polar surface area (TPSA) is 63.7 Å². The van der Waals surface area contributed by atoms with E-state index in [-0.39, 0.29) is 52.0 Å². The molecule has 0 aliphatic heterocycles. The molecule has 0 bridgehead atoms. The van der Waals surface area contributed by atoms with Gasteiger partial charge in [0.2, 0.25) is 5.91 Å². The molecule has 0 spiro atoms. The summed E-state index contributed by atoms with van der Waals surface area (Å²) in [7, 11) is 3.57. The van der Waals surface area contributed by atoms with Gasteiger partial charge in [-0.2, -0.15) is 0 Å². The Labute approximate surface area is 247 Å².